The molecule has 0 radical (unpaired) electrons. The minimum Gasteiger partial charge on any atom is -0.341 e. The Morgan fingerprint density at radius 2 is 2.08 bits per heavy atom. The van der Waals surface area contributed by atoms with Crippen LogP contribution in [0.15, 0.2) is 11.4 Å². The van der Waals surface area contributed by atoms with E-state index in [9.17, 15) is 9.46 Å². The third-order valence-corrected chi connectivity index (χ3v) is 5.98. The first-order valence-corrected chi connectivity index (χ1v) is 6.96. The predicted molar refractivity (Wildman–Crippen MR) is 54.0 cm³/mol. The van der Waals surface area contributed by atoms with Gasteiger partial charge in [0.25, 0.3) is 0 Å². The molecule has 0 aromatic heterocycles. The van der Waals surface area contributed by atoms with E-state index in [1.54, 1.807) is 0 Å². The average Bonchev–Trinajstić information content (AvgIpc) is 2.02. The molecule has 0 aliphatic heterocycles. The second-order valence-electron chi connectivity index (χ2n) is 4.15. The van der Waals surface area contributed by atoms with Gasteiger partial charge in [0.05, 0.1) is 0 Å². The lowest BCUT2D eigenvalue weighted by Crippen LogP contribution is -2.19. The van der Waals surface area contributed by atoms with Crippen LogP contribution in [0.5, 0.6) is 0 Å². The van der Waals surface area contributed by atoms with E-state index in [1.807, 2.05) is 6.08 Å². The zero-order valence-corrected chi connectivity index (χ0v) is 8.80. The van der Waals surface area contributed by atoms with Crippen molar-refractivity contribution in [1.29, 1.82) is 0 Å². The van der Waals surface area contributed by atoms with Crippen molar-refractivity contribution in [3.63, 3.8) is 0 Å². The van der Waals surface area contributed by atoms with Gasteiger partial charge in [-0.05, 0) is 38.5 Å². The summed E-state index contributed by atoms with van der Waals surface area (Å²) < 4.78 is 12.0. The first-order valence-electron chi connectivity index (χ1n) is 5.23. The Morgan fingerprint density at radius 1 is 1.31 bits per heavy atom. The van der Waals surface area contributed by atoms with Crippen molar-refractivity contribution in [1.82, 2.24) is 0 Å². The molecule has 0 bridgehead atoms. The molecule has 0 aromatic carbocycles. The summed E-state index contributed by atoms with van der Waals surface area (Å²) >= 11 is 0. The minimum atomic E-state index is -2.91. The van der Waals surface area contributed by atoms with Crippen LogP contribution in [0.1, 0.15) is 44.9 Å². The Hall–Kier alpha value is -0.0700. The topological polar surface area (TPSA) is 37.3 Å². The molecule has 2 rings (SSSR count). The Bertz CT molecular complexity index is 266. The molecule has 0 aromatic rings. The molecule has 2 aliphatic rings. The van der Waals surface area contributed by atoms with Gasteiger partial charge >= 0.3 is 0 Å². The van der Waals surface area contributed by atoms with Crippen molar-refractivity contribution >= 4 is 7.37 Å². The molecule has 0 saturated heterocycles. The molecule has 1 unspecified atom stereocenters. The second-order valence-corrected chi connectivity index (χ2v) is 6.70. The van der Waals surface area contributed by atoms with Gasteiger partial charge in [-0.3, -0.25) is 4.57 Å². The maximum Gasteiger partial charge on any atom is 0.228 e. The van der Waals surface area contributed by atoms with Crippen LogP contribution in [-0.4, -0.2) is 10.6 Å². The lowest BCUT2D eigenvalue weighted by molar-refractivity contribution is 0.412. The summed E-state index contributed by atoms with van der Waals surface area (Å²) in [5, 5.41) is 0.878. The van der Waals surface area contributed by atoms with E-state index in [1.165, 1.54) is 6.42 Å². The summed E-state index contributed by atoms with van der Waals surface area (Å²) in [6, 6.07) is 0. The van der Waals surface area contributed by atoms with Crippen LogP contribution < -0.4 is 0 Å². The molecule has 1 N–H and O–H groups in total. The molecule has 13 heavy (non-hydrogen) atoms. The fourth-order valence-corrected chi connectivity index (χ4v) is 4.49. The van der Waals surface area contributed by atoms with Gasteiger partial charge in [-0.2, -0.15) is 0 Å². The maximum atomic E-state index is 12.0. The monoisotopic (exact) mass is 200 g/mol. The number of hydrogen-bond donors (Lipinski definition) is 1. The highest BCUT2D eigenvalue weighted by Crippen LogP contribution is 2.62. The molecule has 2 nitrogen and oxygen atoms in total. The van der Waals surface area contributed by atoms with E-state index in [0.717, 1.165) is 43.8 Å². The van der Waals surface area contributed by atoms with Crippen LogP contribution in [0.3, 0.4) is 0 Å². The van der Waals surface area contributed by atoms with Gasteiger partial charge in [0, 0.05) is 11.0 Å². The van der Waals surface area contributed by atoms with Crippen molar-refractivity contribution in [2.45, 2.75) is 50.6 Å². The van der Waals surface area contributed by atoms with Crippen LogP contribution in [0.25, 0.3) is 0 Å². The summed E-state index contributed by atoms with van der Waals surface area (Å²) in [7, 11) is -2.91. The van der Waals surface area contributed by atoms with Gasteiger partial charge in [-0.15, -0.1) is 0 Å². The largest absolute Gasteiger partial charge is 0.341 e. The fraction of sp³-hybridized carbons (Fsp3) is 0.800. The summed E-state index contributed by atoms with van der Waals surface area (Å²) in [5.41, 5.74) is 0.108. The zero-order chi connectivity index (χ0) is 9.31. The molecular formula is C10H17O2P. The number of rotatable bonds is 2. The zero-order valence-electron chi connectivity index (χ0n) is 7.91. The van der Waals surface area contributed by atoms with Gasteiger partial charge in [0.1, 0.15) is 0 Å². The Kier molecular flexibility index (Phi) is 2.62. The molecule has 1 fully saturated rings. The van der Waals surface area contributed by atoms with Crippen molar-refractivity contribution in [2.75, 3.05) is 0 Å². The normalized spacial score (nSPS) is 28.8. The molecule has 0 amide bonds. The lowest BCUT2D eigenvalue weighted by atomic mass is 10.00. The second kappa shape index (κ2) is 3.59. The van der Waals surface area contributed by atoms with Gasteiger partial charge in [-0.1, -0.05) is 12.5 Å². The van der Waals surface area contributed by atoms with Crippen LogP contribution in [-0.2, 0) is 4.57 Å². The number of hydrogen-bond acceptors (Lipinski definition) is 1. The van der Waals surface area contributed by atoms with E-state index in [4.69, 9.17) is 0 Å². The highest BCUT2D eigenvalue weighted by molar-refractivity contribution is 7.63. The summed E-state index contributed by atoms with van der Waals surface area (Å²) in [6.45, 7) is 0. The quantitative estimate of drug-likeness (QED) is 0.694. The molecule has 74 valence electrons. The number of allylic oxidation sites excluding steroid dienone is 2. The van der Waals surface area contributed by atoms with E-state index >= 15 is 0 Å². The van der Waals surface area contributed by atoms with E-state index in [0.29, 0.717) is 0 Å². The lowest BCUT2D eigenvalue weighted by Gasteiger charge is -2.32. The molecule has 0 heterocycles. The smallest absolute Gasteiger partial charge is 0.228 e. The average molecular weight is 200 g/mol. The highest BCUT2D eigenvalue weighted by Gasteiger charge is 2.38. The standard InChI is InChI=1S/C10H17O2P/c11-13(12,10-7-4-8-10)9-5-2-1-3-6-9/h5,10H,1-4,6-8H2,(H,11,12). The first kappa shape index (κ1) is 9.48. The van der Waals surface area contributed by atoms with Crippen LogP contribution in [0.4, 0.5) is 0 Å². The minimum absolute atomic E-state index is 0.108. The molecule has 1 saturated carbocycles. The highest BCUT2D eigenvalue weighted by atomic mass is 31.2. The van der Waals surface area contributed by atoms with Gasteiger partial charge in [0.2, 0.25) is 7.37 Å². The Balaban J connectivity index is 2.12. The molecule has 2 aliphatic carbocycles. The molecule has 3 heteroatoms. The van der Waals surface area contributed by atoms with Crippen molar-refractivity contribution in [2.24, 2.45) is 0 Å². The van der Waals surface area contributed by atoms with Gasteiger partial charge in [0.15, 0.2) is 0 Å². The summed E-state index contributed by atoms with van der Waals surface area (Å²) in [5.74, 6) is 0. The SMILES string of the molecule is O=P(O)(C1=CCCCC1)C1CCC1. The van der Waals surface area contributed by atoms with Crippen molar-refractivity contribution < 1.29 is 9.46 Å². The van der Waals surface area contributed by atoms with Crippen LogP contribution in [0, 0.1) is 0 Å². The fourth-order valence-electron chi connectivity index (χ4n) is 2.08. The van der Waals surface area contributed by atoms with Crippen LogP contribution in [0.2, 0.25) is 0 Å². The summed E-state index contributed by atoms with van der Waals surface area (Å²) in [4.78, 5) is 9.95. The predicted octanol–water partition coefficient (Wildman–Crippen LogP) is 3.27. The molecule has 1 atom stereocenters. The van der Waals surface area contributed by atoms with E-state index in [-0.39, 0.29) is 5.66 Å². The molecule has 0 spiro atoms. The van der Waals surface area contributed by atoms with Crippen molar-refractivity contribution in [3.8, 4) is 0 Å². The van der Waals surface area contributed by atoms with Gasteiger partial charge < -0.3 is 4.89 Å². The third-order valence-electron chi connectivity index (χ3n) is 3.25. The Morgan fingerprint density at radius 3 is 2.54 bits per heavy atom. The van der Waals surface area contributed by atoms with Gasteiger partial charge in [-0.25, -0.2) is 0 Å². The van der Waals surface area contributed by atoms with E-state index < -0.39 is 7.37 Å². The summed E-state index contributed by atoms with van der Waals surface area (Å²) in [6.07, 6.45) is 9.25. The molecular weight excluding hydrogens is 183 g/mol. The van der Waals surface area contributed by atoms with E-state index in [2.05, 4.69) is 0 Å². The Labute approximate surface area is 79.5 Å². The maximum absolute atomic E-state index is 12.0. The first-order chi connectivity index (χ1) is 6.21. The van der Waals surface area contributed by atoms with Crippen molar-refractivity contribution in [3.05, 3.63) is 11.4 Å². The van der Waals surface area contributed by atoms with Crippen LogP contribution >= 0.6 is 7.37 Å². The third kappa shape index (κ3) is 1.75.